The van der Waals surface area contributed by atoms with E-state index < -0.39 is 16.0 Å². The molecule has 4 nitrogen and oxygen atoms in total. The zero-order valence-corrected chi connectivity index (χ0v) is 13.6. The van der Waals surface area contributed by atoms with Gasteiger partial charge in [0.25, 0.3) is 0 Å². The van der Waals surface area contributed by atoms with Crippen LogP contribution in [0.25, 0.3) is 0 Å². The molecule has 0 aliphatic heterocycles. The van der Waals surface area contributed by atoms with Crippen molar-refractivity contribution in [1.29, 1.82) is 0 Å². The molecule has 0 saturated heterocycles. The second-order valence-corrected chi connectivity index (χ2v) is 7.44. The maximum absolute atomic E-state index is 12.1. The van der Waals surface area contributed by atoms with Crippen LogP contribution in [0.3, 0.4) is 0 Å². The summed E-state index contributed by atoms with van der Waals surface area (Å²) in [6, 6.07) is 0. The van der Waals surface area contributed by atoms with Gasteiger partial charge in [-0.25, -0.2) is 4.98 Å². The molecule has 1 aromatic rings. The van der Waals surface area contributed by atoms with Crippen molar-refractivity contribution < 1.29 is 9.00 Å². The van der Waals surface area contributed by atoms with Crippen LogP contribution in [0.4, 0.5) is 0 Å². The number of nitrogens with one attached hydrogen (secondary N) is 1. The van der Waals surface area contributed by atoms with Crippen molar-refractivity contribution in [2.24, 2.45) is 0 Å². The van der Waals surface area contributed by atoms with Crippen molar-refractivity contribution >= 4 is 28.0 Å². The van der Waals surface area contributed by atoms with E-state index in [2.05, 4.69) is 24.1 Å². The highest BCUT2D eigenvalue weighted by Crippen LogP contribution is 2.20. The number of carbonyl (C=O) groups excluding carboxylic acids is 1. The number of hydrogen-bond acceptors (Lipinski definition) is 4. The molecule has 0 aliphatic rings. The Hall–Kier alpha value is -0.750. The molecular formula is C13H22N2O2S2. The Labute approximate surface area is 121 Å². The zero-order valence-electron chi connectivity index (χ0n) is 11.9. The standard InChI is InChI=1S/C13H22N2O2S2/c1-5-6-14-12(16)10(4)19(17)8-11-7-18-13(15-11)9(2)3/h7,9-10H,5-6,8H2,1-4H3,(H,14,16)/t10-,19-/m0/s1. The van der Waals surface area contributed by atoms with Gasteiger partial charge in [0.15, 0.2) is 0 Å². The number of aromatic nitrogens is 1. The molecule has 0 unspecified atom stereocenters. The Bertz CT molecular complexity index is 444. The molecule has 0 fully saturated rings. The molecule has 0 bridgehead atoms. The first-order valence-electron chi connectivity index (χ1n) is 6.54. The van der Waals surface area contributed by atoms with Gasteiger partial charge in [-0.15, -0.1) is 11.3 Å². The molecule has 1 N–H and O–H groups in total. The molecule has 6 heteroatoms. The van der Waals surface area contributed by atoms with Gasteiger partial charge in [0, 0.05) is 28.6 Å². The Morgan fingerprint density at radius 1 is 1.47 bits per heavy atom. The van der Waals surface area contributed by atoms with E-state index in [0.29, 0.717) is 18.2 Å². The molecule has 0 aliphatic carbocycles. The van der Waals surface area contributed by atoms with Crippen LogP contribution < -0.4 is 5.32 Å². The fourth-order valence-corrected chi connectivity index (χ4v) is 3.39. The van der Waals surface area contributed by atoms with E-state index in [1.807, 2.05) is 12.3 Å². The summed E-state index contributed by atoms with van der Waals surface area (Å²) in [7, 11) is -1.22. The molecule has 1 heterocycles. The molecule has 0 saturated carbocycles. The summed E-state index contributed by atoms with van der Waals surface area (Å²) < 4.78 is 12.1. The number of carbonyl (C=O) groups is 1. The Morgan fingerprint density at radius 2 is 2.16 bits per heavy atom. The van der Waals surface area contributed by atoms with Crippen molar-refractivity contribution in [3.05, 3.63) is 16.1 Å². The van der Waals surface area contributed by atoms with E-state index in [4.69, 9.17) is 0 Å². The predicted molar refractivity (Wildman–Crippen MR) is 80.8 cm³/mol. The third-order valence-corrected chi connectivity index (χ3v) is 5.44. The Kier molecular flexibility index (Phi) is 6.65. The molecule has 19 heavy (non-hydrogen) atoms. The van der Waals surface area contributed by atoms with Crippen LogP contribution in [0.5, 0.6) is 0 Å². The third-order valence-electron chi connectivity index (χ3n) is 2.67. The molecule has 1 rings (SSSR count). The van der Waals surface area contributed by atoms with Gasteiger partial charge in [0.05, 0.1) is 16.5 Å². The maximum atomic E-state index is 12.1. The summed E-state index contributed by atoms with van der Waals surface area (Å²) in [6.07, 6.45) is 0.884. The van der Waals surface area contributed by atoms with Crippen LogP contribution in [0.15, 0.2) is 5.38 Å². The largest absolute Gasteiger partial charge is 0.355 e. The van der Waals surface area contributed by atoms with Crippen LogP contribution in [0.2, 0.25) is 0 Å². The van der Waals surface area contributed by atoms with Gasteiger partial charge >= 0.3 is 0 Å². The molecular weight excluding hydrogens is 280 g/mol. The lowest BCUT2D eigenvalue weighted by Crippen LogP contribution is -2.36. The topological polar surface area (TPSA) is 59.1 Å². The van der Waals surface area contributed by atoms with Gasteiger partial charge in [-0.1, -0.05) is 20.8 Å². The highest BCUT2D eigenvalue weighted by molar-refractivity contribution is 7.85. The number of thiazole rings is 1. The first-order valence-corrected chi connectivity index (χ1v) is 8.81. The van der Waals surface area contributed by atoms with Crippen molar-refractivity contribution in [2.75, 3.05) is 6.54 Å². The van der Waals surface area contributed by atoms with Gasteiger partial charge in [-0.2, -0.15) is 0 Å². The second-order valence-electron chi connectivity index (χ2n) is 4.79. The average Bonchev–Trinajstić information content (AvgIpc) is 2.83. The second kappa shape index (κ2) is 7.75. The van der Waals surface area contributed by atoms with E-state index in [1.54, 1.807) is 18.3 Å². The lowest BCUT2D eigenvalue weighted by molar-refractivity contribution is -0.120. The van der Waals surface area contributed by atoms with Crippen molar-refractivity contribution in [3.63, 3.8) is 0 Å². The number of amides is 1. The molecule has 1 amide bonds. The Balaban J connectivity index is 2.55. The highest BCUT2D eigenvalue weighted by Gasteiger charge is 2.20. The van der Waals surface area contributed by atoms with Crippen LogP contribution in [-0.4, -0.2) is 26.9 Å². The van der Waals surface area contributed by atoms with Gasteiger partial charge in [-0.3, -0.25) is 9.00 Å². The highest BCUT2D eigenvalue weighted by atomic mass is 32.2. The van der Waals surface area contributed by atoms with E-state index in [9.17, 15) is 9.00 Å². The van der Waals surface area contributed by atoms with E-state index in [-0.39, 0.29) is 5.91 Å². The molecule has 0 aromatic carbocycles. The fourth-order valence-electron chi connectivity index (χ4n) is 1.44. The average molecular weight is 302 g/mol. The predicted octanol–water partition coefficient (Wildman–Crippen LogP) is 2.43. The van der Waals surface area contributed by atoms with E-state index in [0.717, 1.165) is 17.1 Å². The minimum atomic E-state index is -1.22. The molecule has 2 atom stereocenters. The first-order chi connectivity index (χ1) is 8.95. The monoisotopic (exact) mass is 302 g/mol. The number of rotatable bonds is 7. The van der Waals surface area contributed by atoms with Crippen LogP contribution in [-0.2, 0) is 21.3 Å². The molecule has 0 radical (unpaired) electrons. The molecule has 1 aromatic heterocycles. The minimum Gasteiger partial charge on any atom is -0.355 e. The lowest BCUT2D eigenvalue weighted by Gasteiger charge is -2.10. The van der Waals surface area contributed by atoms with Crippen LogP contribution in [0, 0.1) is 0 Å². The van der Waals surface area contributed by atoms with Gasteiger partial charge < -0.3 is 5.32 Å². The summed E-state index contributed by atoms with van der Waals surface area (Å²) in [5.41, 5.74) is 0.821. The van der Waals surface area contributed by atoms with Gasteiger partial charge in [0.1, 0.15) is 5.25 Å². The van der Waals surface area contributed by atoms with Crippen molar-refractivity contribution in [1.82, 2.24) is 10.3 Å². The third kappa shape index (κ3) is 5.03. The summed E-state index contributed by atoms with van der Waals surface area (Å²) in [4.78, 5) is 16.2. The normalized spacial score (nSPS) is 14.4. The SMILES string of the molecule is CCCNC(=O)[C@H](C)[S@@](=O)Cc1csc(C(C)C)n1. The first kappa shape index (κ1) is 16.3. The summed E-state index contributed by atoms with van der Waals surface area (Å²) >= 11 is 1.59. The minimum absolute atomic E-state index is 0.139. The van der Waals surface area contributed by atoms with Crippen LogP contribution >= 0.6 is 11.3 Å². The van der Waals surface area contributed by atoms with E-state index >= 15 is 0 Å². The van der Waals surface area contributed by atoms with Crippen LogP contribution in [0.1, 0.15) is 50.7 Å². The molecule has 0 spiro atoms. The number of nitrogens with zero attached hydrogens (tertiary/aromatic N) is 1. The maximum Gasteiger partial charge on any atom is 0.235 e. The number of hydrogen-bond donors (Lipinski definition) is 1. The van der Waals surface area contributed by atoms with Gasteiger partial charge in [-0.05, 0) is 13.3 Å². The summed E-state index contributed by atoms with van der Waals surface area (Å²) in [6.45, 7) is 8.50. The van der Waals surface area contributed by atoms with E-state index in [1.165, 1.54) is 0 Å². The van der Waals surface area contributed by atoms with Gasteiger partial charge in [0.2, 0.25) is 5.91 Å². The fraction of sp³-hybridized carbons (Fsp3) is 0.692. The molecule has 108 valence electrons. The lowest BCUT2D eigenvalue weighted by atomic mass is 10.2. The summed E-state index contributed by atoms with van der Waals surface area (Å²) in [5.74, 6) is 0.598. The smallest absolute Gasteiger partial charge is 0.235 e. The Morgan fingerprint density at radius 3 is 2.68 bits per heavy atom. The summed E-state index contributed by atoms with van der Waals surface area (Å²) in [5, 5.41) is 5.27. The van der Waals surface area contributed by atoms with Crippen molar-refractivity contribution in [2.45, 2.75) is 51.0 Å². The van der Waals surface area contributed by atoms with Crippen molar-refractivity contribution in [3.8, 4) is 0 Å². The zero-order chi connectivity index (χ0) is 14.4. The quantitative estimate of drug-likeness (QED) is 0.841.